The molecule has 2 heterocycles. The van der Waals surface area contributed by atoms with E-state index in [-0.39, 0.29) is 5.91 Å². The number of H-pyrrole nitrogens is 1. The van der Waals surface area contributed by atoms with Crippen LogP contribution >= 0.6 is 11.6 Å². The molecule has 0 fully saturated rings. The third-order valence-electron chi connectivity index (χ3n) is 5.91. The average Bonchev–Trinajstić information content (AvgIpc) is 3.14. The van der Waals surface area contributed by atoms with Gasteiger partial charge in [-0.15, -0.1) is 0 Å². The lowest BCUT2D eigenvalue weighted by Gasteiger charge is -2.38. The number of carbonyl (C=O) groups excluding carboxylic acids is 3. The van der Waals surface area contributed by atoms with Gasteiger partial charge in [0.1, 0.15) is 17.4 Å². The lowest BCUT2D eigenvalue weighted by Crippen LogP contribution is -2.51. The van der Waals surface area contributed by atoms with Crippen molar-refractivity contribution in [1.29, 1.82) is 0 Å². The summed E-state index contributed by atoms with van der Waals surface area (Å²) in [7, 11) is 0. The Hall–Kier alpha value is -3.52. The number of alkyl carbamates (subject to hydrolysis) is 1. The van der Waals surface area contributed by atoms with Gasteiger partial charge in [-0.1, -0.05) is 23.7 Å². The second kappa shape index (κ2) is 9.85. The Morgan fingerprint density at radius 1 is 1.17 bits per heavy atom. The fourth-order valence-electron chi connectivity index (χ4n) is 4.55. The molecule has 4 rings (SSSR count). The number of nitrogens with zero attached hydrogens (tertiary/aromatic N) is 1. The van der Waals surface area contributed by atoms with Crippen LogP contribution in [0.15, 0.2) is 42.5 Å². The highest BCUT2D eigenvalue weighted by molar-refractivity contribution is 6.31. The number of aromatic amines is 1. The summed E-state index contributed by atoms with van der Waals surface area (Å²) in [5.41, 5.74) is 2.94. The van der Waals surface area contributed by atoms with Gasteiger partial charge in [-0.3, -0.25) is 9.59 Å². The lowest BCUT2D eigenvalue weighted by molar-refractivity contribution is -0.135. The van der Waals surface area contributed by atoms with Crippen molar-refractivity contribution < 1.29 is 23.9 Å². The number of carbonyl (C=O) groups is 3. The standard InChI is InChI=1S/C27H30ClN3O5/c1-15(29-26(34)36-27(3,4)5)25(33)31-12-11-20-21-14-18(28)9-10-22(21)30-23(20)24(31)17-7-6-8-19(13-17)35-16(2)32/h6-10,13-15,24,30H,11-12H2,1-5H3,(H,29,34). The van der Waals surface area contributed by atoms with Crippen molar-refractivity contribution in [3.8, 4) is 5.75 Å². The van der Waals surface area contributed by atoms with E-state index in [4.69, 9.17) is 21.1 Å². The van der Waals surface area contributed by atoms with Gasteiger partial charge in [-0.05, 0) is 75.6 Å². The largest absolute Gasteiger partial charge is 0.444 e. The van der Waals surface area contributed by atoms with Crippen LogP contribution < -0.4 is 10.1 Å². The van der Waals surface area contributed by atoms with Crippen molar-refractivity contribution in [3.63, 3.8) is 0 Å². The summed E-state index contributed by atoms with van der Waals surface area (Å²) in [6.45, 7) is 8.69. The Labute approximate surface area is 214 Å². The molecule has 2 aromatic carbocycles. The Morgan fingerprint density at radius 3 is 2.61 bits per heavy atom. The zero-order valence-electron chi connectivity index (χ0n) is 21.0. The van der Waals surface area contributed by atoms with Crippen molar-refractivity contribution in [2.75, 3.05) is 6.54 Å². The first kappa shape index (κ1) is 25.6. The normalized spacial score (nSPS) is 16.3. The van der Waals surface area contributed by atoms with Gasteiger partial charge in [0.15, 0.2) is 0 Å². The maximum absolute atomic E-state index is 13.7. The van der Waals surface area contributed by atoms with E-state index in [2.05, 4.69) is 10.3 Å². The van der Waals surface area contributed by atoms with Crippen LogP contribution in [0.5, 0.6) is 5.75 Å². The van der Waals surface area contributed by atoms with Gasteiger partial charge in [0, 0.05) is 35.1 Å². The molecule has 2 atom stereocenters. The van der Waals surface area contributed by atoms with Gasteiger partial charge in [-0.2, -0.15) is 0 Å². The molecule has 1 aliphatic heterocycles. The molecule has 0 aliphatic carbocycles. The summed E-state index contributed by atoms with van der Waals surface area (Å²) >= 11 is 6.28. The second-order valence-corrected chi connectivity index (χ2v) is 10.4. The van der Waals surface area contributed by atoms with E-state index in [1.165, 1.54) is 6.92 Å². The molecule has 1 aliphatic rings. The van der Waals surface area contributed by atoms with E-state index in [0.717, 1.165) is 27.7 Å². The van der Waals surface area contributed by atoms with E-state index >= 15 is 0 Å². The monoisotopic (exact) mass is 511 g/mol. The summed E-state index contributed by atoms with van der Waals surface area (Å²) < 4.78 is 10.6. The van der Waals surface area contributed by atoms with Crippen LogP contribution in [0.3, 0.4) is 0 Å². The van der Waals surface area contributed by atoms with Crippen LogP contribution in [0.1, 0.15) is 57.5 Å². The number of benzene rings is 2. The van der Waals surface area contributed by atoms with Crippen LogP contribution in [-0.4, -0.2) is 46.0 Å². The van der Waals surface area contributed by atoms with Gasteiger partial charge < -0.3 is 24.7 Å². The third kappa shape index (κ3) is 5.49. The first-order chi connectivity index (χ1) is 16.9. The Kier molecular flexibility index (Phi) is 7.00. The minimum atomic E-state index is -0.820. The molecule has 0 spiro atoms. The van der Waals surface area contributed by atoms with Gasteiger partial charge >= 0.3 is 12.1 Å². The number of rotatable bonds is 4. The first-order valence-electron chi connectivity index (χ1n) is 11.8. The number of aromatic nitrogens is 1. The van der Waals surface area contributed by atoms with E-state index in [1.807, 2.05) is 24.3 Å². The lowest BCUT2D eigenvalue weighted by atomic mass is 9.91. The Balaban J connectivity index is 1.74. The van der Waals surface area contributed by atoms with E-state index in [1.54, 1.807) is 50.8 Å². The molecule has 0 radical (unpaired) electrons. The van der Waals surface area contributed by atoms with Crippen molar-refractivity contribution in [3.05, 3.63) is 64.3 Å². The number of hydrogen-bond acceptors (Lipinski definition) is 5. The zero-order chi connectivity index (χ0) is 26.2. The minimum Gasteiger partial charge on any atom is -0.444 e. The topological polar surface area (TPSA) is 101 Å². The number of ether oxygens (including phenoxy) is 2. The molecule has 190 valence electrons. The first-order valence-corrected chi connectivity index (χ1v) is 12.2. The maximum atomic E-state index is 13.7. The highest BCUT2D eigenvalue weighted by Crippen LogP contribution is 2.40. The van der Waals surface area contributed by atoms with Crippen LogP contribution in [0.2, 0.25) is 5.02 Å². The summed E-state index contributed by atoms with van der Waals surface area (Å²) in [5, 5.41) is 4.29. The SMILES string of the molecule is CC(=O)Oc1cccc(C2c3[nH]c4ccc(Cl)cc4c3CCN2C(=O)C(C)NC(=O)OC(C)(C)C)c1. The predicted octanol–water partition coefficient (Wildman–Crippen LogP) is 5.13. The molecule has 9 heteroatoms. The number of esters is 1. The molecule has 8 nitrogen and oxygen atoms in total. The zero-order valence-corrected chi connectivity index (χ0v) is 21.7. The van der Waals surface area contributed by atoms with E-state index in [9.17, 15) is 14.4 Å². The maximum Gasteiger partial charge on any atom is 0.408 e. The molecule has 2 amide bonds. The summed E-state index contributed by atoms with van der Waals surface area (Å²) in [6, 6.07) is 11.5. The Morgan fingerprint density at radius 2 is 1.92 bits per heavy atom. The molecule has 2 N–H and O–H groups in total. The molecule has 0 saturated carbocycles. The molecule has 2 unspecified atom stereocenters. The molecule has 3 aromatic rings. The summed E-state index contributed by atoms with van der Waals surface area (Å²) in [4.78, 5) is 42.8. The van der Waals surface area contributed by atoms with E-state index in [0.29, 0.717) is 23.7 Å². The van der Waals surface area contributed by atoms with Crippen molar-refractivity contribution >= 4 is 40.5 Å². The highest BCUT2D eigenvalue weighted by Gasteiger charge is 2.37. The molecule has 0 bridgehead atoms. The fourth-order valence-corrected chi connectivity index (χ4v) is 4.73. The summed E-state index contributed by atoms with van der Waals surface area (Å²) in [6.07, 6.45) is -0.0459. The molecule has 0 saturated heterocycles. The smallest absolute Gasteiger partial charge is 0.408 e. The number of hydrogen-bond donors (Lipinski definition) is 2. The quantitative estimate of drug-likeness (QED) is 0.373. The number of amides is 2. The fraction of sp³-hybridized carbons (Fsp3) is 0.370. The Bertz CT molecular complexity index is 1330. The third-order valence-corrected chi connectivity index (χ3v) is 6.15. The average molecular weight is 512 g/mol. The highest BCUT2D eigenvalue weighted by atomic mass is 35.5. The number of nitrogens with one attached hydrogen (secondary N) is 2. The van der Waals surface area contributed by atoms with Crippen LogP contribution in [0, 0.1) is 0 Å². The van der Waals surface area contributed by atoms with Gasteiger partial charge in [0.2, 0.25) is 5.91 Å². The van der Waals surface area contributed by atoms with Crippen molar-refractivity contribution in [1.82, 2.24) is 15.2 Å². The summed E-state index contributed by atoms with van der Waals surface area (Å²) in [5.74, 6) is -0.301. The molecular formula is C27H30ClN3O5. The van der Waals surface area contributed by atoms with Crippen LogP contribution in [0.4, 0.5) is 4.79 Å². The number of halogens is 1. The molecule has 1 aromatic heterocycles. The van der Waals surface area contributed by atoms with Crippen LogP contribution in [0.25, 0.3) is 10.9 Å². The van der Waals surface area contributed by atoms with Gasteiger partial charge in [0.25, 0.3) is 0 Å². The predicted molar refractivity (Wildman–Crippen MR) is 137 cm³/mol. The van der Waals surface area contributed by atoms with Gasteiger partial charge in [-0.25, -0.2) is 4.79 Å². The second-order valence-electron chi connectivity index (χ2n) is 9.93. The van der Waals surface area contributed by atoms with Crippen molar-refractivity contribution in [2.24, 2.45) is 0 Å². The van der Waals surface area contributed by atoms with Crippen LogP contribution in [-0.2, 0) is 20.7 Å². The molecular weight excluding hydrogens is 482 g/mol. The number of fused-ring (bicyclic) bond motifs is 3. The van der Waals surface area contributed by atoms with E-state index < -0.39 is 29.7 Å². The minimum absolute atomic E-state index is 0.258. The van der Waals surface area contributed by atoms with Crippen molar-refractivity contribution in [2.45, 2.75) is 58.7 Å². The molecule has 36 heavy (non-hydrogen) atoms. The van der Waals surface area contributed by atoms with Gasteiger partial charge in [0.05, 0.1) is 6.04 Å².